The first-order valence-electron chi connectivity index (χ1n) is 6.21. The van der Waals surface area contributed by atoms with E-state index in [9.17, 15) is 9.59 Å². The first-order chi connectivity index (χ1) is 9.06. The van der Waals surface area contributed by atoms with E-state index >= 15 is 0 Å². The van der Waals surface area contributed by atoms with Crippen LogP contribution in [-0.4, -0.2) is 45.5 Å². The maximum Gasteiger partial charge on any atom is 0.332 e. The van der Waals surface area contributed by atoms with Crippen molar-refractivity contribution in [2.45, 2.75) is 38.5 Å². The molecule has 1 amide bonds. The van der Waals surface area contributed by atoms with Crippen molar-refractivity contribution in [3.63, 3.8) is 0 Å². The molecule has 1 aliphatic heterocycles. The number of rotatable bonds is 5. The molecule has 0 unspecified atom stereocenters. The highest BCUT2D eigenvalue weighted by Crippen LogP contribution is 2.19. The number of carbonyl (C=O) groups excluding carboxylic acids is 1. The third kappa shape index (κ3) is 3.54. The monoisotopic (exact) mass is 267 g/mol. The predicted molar refractivity (Wildman–Crippen MR) is 65.5 cm³/mol. The molecule has 1 saturated heterocycles. The second-order valence-electron chi connectivity index (χ2n) is 4.60. The molecule has 7 nitrogen and oxygen atoms in total. The van der Waals surface area contributed by atoms with Gasteiger partial charge in [0.1, 0.15) is 6.10 Å². The Balaban J connectivity index is 1.72. The zero-order valence-corrected chi connectivity index (χ0v) is 10.7. The van der Waals surface area contributed by atoms with E-state index in [1.807, 2.05) is 13.1 Å². The Bertz CT molecular complexity index is 471. The van der Waals surface area contributed by atoms with Gasteiger partial charge in [-0.2, -0.15) is 5.10 Å². The van der Waals surface area contributed by atoms with Crippen molar-refractivity contribution in [3.8, 4) is 0 Å². The molecular weight excluding hydrogens is 250 g/mol. The van der Waals surface area contributed by atoms with Crippen molar-refractivity contribution in [2.75, 3.05) is 6.54 Å². The normalized spacial score (nSPS) is 22.4. The standard InChI is InChI=1S/C12H17N3O4/c1-8-6-14-15(7-8)5-4-13-11(16)9-2-3-10(19-9)12(17)18/h6-7,9-10H,2-5H2,1H3,(H,13,16)(H,17,18)/t9-,10+/m0/s1. The molecule has 1 aromatic heterocycles. The minimum Gasteiger partial charge on any atom is -0.479 e. The molecular formula is C12H17N3O4. The highest BCUT2D eigenvalue weighted by atomic mass is 16.5. The molecule has 1 aromatic rings. The fraction of sp³-hybridized carbons (Fsp3) is 0.583. The van der Waals surface area contributed by atoms with E-state index in [0.717, 1.165) is 5.56 Å². The van der Waals surface area contributed by atoms with Gasteiger partial charge in [0, 0.05) is 12.7 Å². The summed E-state index contributed by atoms with van der Waals surface area (Å²) in [7, 11) is 0. The largest absolute Gasteiger partial charge is 0.479 e. The van der Waals surface area contributed by atoms with Gasteiger partial charge in [-0.05, 0) is 25.3 Å². The van der Waals surface area contributed by atoms with Gasteiger partial charge in [-0.15, -0.1) is 0 Å². The molecule has 0 aliphatic carbocycles. The van der Waals surface area contributed by atoms with E-state index in [0.29, 0.717) is 25.9 Å². The summed E-state index contributed by atoms with van der Waals surface area (Å²) in [6.45, 7) is 2.96. The minimum absolute atomic E-state index is 0.257. The zero-order chi connectivity index (χ0) is 13.8. The number of aliphatic carboxylic acids is 1. The third-order valence-electron chi connectivity index (χ3n) is 2.99. The number of carboxylic acid groups (broad SMARTS) is 1. The Labute approximate surface area is 110 Å². The van der Waals surface area contributed by atoms with Crippen LogP contribution >= 0.6 is 0 Å². The van der Waals surface area contributed by atoms with Crippen molar-refractivity contribution in [2.24, 2.45) is 0 Å². The number of amides is 1. The summed E-state index contributed by atoms with van der Waals surface area (Å²) in [6, 6.07) is 0. The van der Waals surface area contributed by atoms with Gasteiger partial charge in [-0.3, -0.25) is 9.48 Å². The van der Waals surface area contributed by atoms with E-state index in [4.69, 9.17) is 9.84 Å². The number of hydrogen-bond donors (Lipinski definition) is 2. The second-order valence-corrected chi connectivity index (χ2v) is 4.60. The predicted octanol–water partition coefficient (Wildman–Crippen LogP) is -0.0601. The fourth-order valence-corrected chi connectivity index (χ4v) is 2.01. The van der Waals surface area contributed by atoms with Crippen molar-refractivity contribution in [1.82, 2.24) is 15.1 Å². The van der Waals surface area contributed by atoms with E-state index < -0.39 is 18.2 Å². The lowest BCUT2D eigenvalue weighted by Crippen LogP contribution is -2.37. The van der Waals surface area contributed by atoms with Crippen molar-refractivity contribution >= 4 is 11.9 Å². The lowest BCUT2D eigenvalue weighted by Gasteiger charge is -2.11. The van der Waals surface area contributed by atoms with Crippen molar-refractivity contribution in [3.05, 3.63) is 18.0 Å². The number of carboxylic acids is 1. The number of nitrogens with zero attached hydrogens (tertiary/aromatic N) is 2. The highest BCUT2D eigenvalue weighted by Gasteiger charge is 2.34. The molecule has 0 aromatic carbocycles. The second kappa shape index (κ2) is 5.83. The molecule has 104 valence electrons. The molecule has 0 radical (unpaired) electrons. The summed E-state index contributed by atoms with van der Waals surface area (Å²) in [5.41, 5.74) is 1.06. The topological polar surface area (TPSA) is 93.5 Å². The van der Waals surface area contributed by atoms with E-state index in [-0.39, 0.29) is 5.91 Å². The smallest absolute Gasteiger partial charge is 0.332 e. The SMILES string of the molecule is Cc1cnn(CCNC(=O)[C@@H]2CC[C@H](C(=O)O)O2)c1. The lowest BCUT2D eigenvalue weighted by molar-refractivity contribution is -0.151. The molecule has 1 fully saturated rings. The van der Waals surface area contributed by atoms with Crippen LogP contribution in [0.1, 0.15) is 18.4 Å². The molecule has 0 spiro atoms. The molecule has 2 heterocycles. The number of nitrogens with one attached hydrogen (secondary N) is 1. The van der Waals surface area contributed by atoms with E-state index in [1.165, 1.54) is 0 Å². The number of ether oxygens (including phenoxy) is 1. The van der Waals surface area contributed by atoms with Crippen LogP contribution in [0.3, 0.4) is 0 Å². The molecule has 2 N–H and O–H groups in total. The van der Waals surface area contributed by atoms with Crippen LogP contribution in [-0.2, 0) is 20.9 Å². The average Bonchev–Trinajstić information content (AvgIpc) is 2.98. The van der Waals surface area contributed by atoms with Crippen molar-refractivity contribution < 1.29 is 19.4 Å². The zero-order valence-electron chi connectivity index (χ0n) is 10.7. The van der Waals surface area contributed by atoms with Gasteiger partial charge in [0.05, 0.1) is 12.7 Å². The molecule has 19 heavy (non-hydrogen) atoms. The number of hydrogen-bond acceptors (Lipinski definition) is 4. The van der Waals surface area contributed by atoms with Gasteiger partial charge in [0.2, 0.25) is 5.91 Å². The van der Waals surface area contributed by atoms with Gasteiger partial charge >= 0.3 is 5.97 Å². The van der Waals surface area contributed by atoms with Crippen LogP contribution in [0.15, 0.2) is 12.4 Å². The highest BCUT2D eigenvalue weighted by molar-refractivity contribution is 5.82. The maximum absolute atomic E-state index is 11.8. The van der Waals surface area contributed by atoms with Gasteiger partial charge in [-0.25, -0.2) is 4.79 Å². The maximum atomic E-state index is 11.8. The van der Waals surface area contributed by atoms with Gasteiger partial charge in [-0.1, -0.05) is 0 Å². The summed E-state index contributed by atoms with van der Waals surface area (Å²) in [6.07, 6.45) is 2.96. The Morgan fingerprint density at radius 2 is 2.26 bits per heavy atom. The number of carbonyl (C=O) groups is 2. The molecule has 0 bridgehead atoms. The van der Waals surface area contributed by atoms with Crippen LogP contribution < -0.4 is 5.32 Å². The van der Waals surface area contributed by atoms with Crippen LogP contribution in [0.25, 0.3) is 0 Å². The van der Waals surface area contributed by atoms with E-state index in [1.54, 1.807) is 10.9 Å². The number of aryl methyl sites for hydroxylation is 1. The average molecular weight is 267 g/mol. The number of aromatic nitrogens is 2. The van der Waals surface area contributed by atoms with E-state index in [2.05, 4.69) is 10.4 Å². The first kappa shape index (κ1) is 13.5. The summed E-state index contributed by atoms with van der Waals surface area (Å²) in [4.78, 5) is 22.5. The molecule has 7 heteroatoms. The summed E-state index contributed by atoms with van der Waals surface area (Å²) in [5, 5.41) is 15.6. The Kier molecular flexibility index (Phi) is 4.16. The van der Waals surface area contributed by atoms with Crippen LogP contribution in [0, 0.1) is 6.92 Å². The van der Waals surface area contributed by atoms with Crippen LogP contribution in [0.2, 0.25) is 0 Å². The molecule has 2 atom stereocenters. The third-order valence-corrected chi connectivity index (χ3v) is 2.99. The fourth-order valence-electron chi connectivity index (χ4n) is 2.01. The van der Waals surface area contributed by atoms with Gasteiger partial charge in [0.15, 0.2) is 6.10 Å². The molecule has 2 rings (SSSR count). The van der Waals surface area contributed by atoms with Crippen LogP contribution in [0.4, 0.5) is 0 Å². The summed E-state index contributed by atoms with van der Waals surface area (Å²) >= 11 is 0. The summed E-state index contributed by atoms with van der Waals surface area (Å²) in [5.74, 6) is -1.27. The molecule has 1 aliphatic rings. The van der Waals surface area contributed by atoms with Gasteiger partial charge in [0.25, 0.3) is 0 Å². The van der Waals surface area contributed by atoms with Crippen LogP contribution in [0.5, 0.6) is 0 Å². The minimum atomic E-state index is -1.01. The quantitative estimate of drug-likeness (QED) is 0.779. The van der Waals surface area contributed by atoms with Gasteiger partial charge < -0.3 is 15.2 Å². The van der Waals surface area contributed by atoms with Crippen molar-refractivity contribution in [1.29, 1.82) is 0 Å². The summed E-state index contributed by atoms with van der Waals surface area (Å²) < 4.78 is 6.90. The Morgan fingerprint density at radius 3 is 2.84 bits per heavy atom. The lowest BCUT2D eigenvalue weighted by atomic mass is 10.2. The Hall–Kier alpha value is -1.89. The Morgan fingerprint density at radius 1 is 1.53 bits per heavy atom. The first-order valence-corrected chi connectivity index (χ1v) is 6.21. The molecule has 0 saturated carbocycles.